The van der Waals surface area contributed by atoms with Crippen LogP contribution < -0.4 is 9.64 Å². The Hall–Kier alpha value is -6.71. The van der Waals surface area contributed by atoms with E-state index in [1.54, 1.807) is 0 Å². The molecule has 1 aliphatic heterocycles. The first-order valence-corrected chi connectivity index (χ1v) is 20.2. The Labute approximate surface area is 335 Å². The fourth-order valence-electron chi connectivity index (χ4n) is 9.09. The average Bonchev–Trinajstić information content (AvgIpc) is 3.38. The molecule has 0 unspecified atom stereocenters. The molecule has 0 fully saturated rings. The Morgan fingerprint density at radius 1 is 0.474 bits per heavy atom. The van der Waals surface area contributed by atoms with Gasteiger partial charge in [-0.3, -0.25) is 0 Å². The topological polar surface area (TPSA) is 25.4 Å². The monoisotopic (exact) mass is 736 g/mol. The molecular weight excluding hydrogens is 693 g/mol. The van der Waals surface area contributed by atoms with E-state index >= 15 is 0 Å². The maximum Gasteiger partial charge on any atom is 0.123 e. The van der Waals surface area contributed by atoms with Crippen molar-refractivity contribution in [3.63, 3.8) is 0 Å². The van der Waals surface area contributed by atoms with Crippen LogP contribution in [-0.4, -0.2) is 11.6 Å². The number of hydrogen-bond acceptors (Lipinski definition) is 3. The SMILES string of the molecule is CC1(C)c2ccccc2-c2c1ccc(-c1cccc(N(c3ccccc3)c3cc(-c4ccccc4)nc(-c4ccccc4)c3)c1)c2-c1cccc2c1CCCCO2. The predicted octanol–water partition coefficient (Wildman–Crippen LogP) is 14.2. The first kappa shape index (κ1) is 34.8. The van der Waals surface area contributed by atoms with Crippen molar-refractivity contribution in [2.75, 3.05) is 11.5 Å². The number of nitrogens with zero attached hydrogens (tertiary/aromatic N) is 2. The highest BCUT2D eigenvalue weighted by Gasteiger charge is 2.38. The molecule has 0 N–H and O–H groups in total. The van der Waals surface area contributed by atoms with E-state index in [4.69, 9.17) is 9.72 Å². The van der Waals surface area contributed by atoms with Gasteiger partial charge in [0.25, 0.3) is 0 Å². The quantitative estimate of drug-likeness (QED) is 0.163. The number of pyridine rings is 1. The van der Waals surface area contributed by atoms with Gasteiger partial charge in [0.1, 0.15) is 5.75 Å². The van der Waals surface area contributed by atoms with Gasteiger partial charge in [-0.2, -0.15) is 0 Å². The zero-order valence-corrected chi connectivity index (χ0v) is 32.5. The zero-order valence-electron chi connectivity index (χ0n) is 32.5. The number of hydrogen-bond donors (Lipinski definition) is 0. The maximum absolute atomic E-state index is 6.41. The van der Waals surface area contributed by atoms with Gasteiger partial charge < -0.3 is 9.64 Å². The van der Waals surface area contributed by atoms with E-state index in [2.05, 4.69) is 201 Å². The molecule has 0 atom stereocenters. The van der Waals surface area contributed by atoms with Crippen molar-refractivity contribution in [1.29, 1.82) is 0 Å². The first-order valence-electron chi connectivity index (χ1n) is 20.2. The number of anilines is 3. The summed E-state index contributed by atoms with van der Waals surface area (Å²) in [5, 5.41) is 0. The van der Waals surface area contributed by atoms with Gasteiger partial charge >= 0.3 is 0 Å². The highest BCUT2D eigenvalue weighted by Crippen LogP contribution is 2.55. The van der Waals surface area contributed by atoms with Crippen LogP contribution >= 0.6 is 0 Å². The molecule has 0 bridgehead atoms. The Bertz CT molecular complexity index is 2680. The molecule has 57 heavy (non-hydrogen) atoms. The van der Waals surface area contributed by atoms with Crippen LogP contribution in [0.3, 0.4) is 0 Å². The number of benzene rings is 7. The predicted molar refractivity (Wildman–Crippen MR) is 237 cm³/mol. The molecule has 0 saturated heterocycles. The normalized spacial score (nSPS) is 13.8. The van der Waals surface area contributed by atoms with Crippen LogP contribution in [0.4, 0.5) is 17.1 Å². The second-order valence-corrected chi connectivity index (χ2v) is 15.7. The average molecular weight is 737 g/mol. The molecule has 1 aliphatic carbocycles. The Balaban J connectivity index is 1.21. The third-order valence-electron chi connectivity index (χ3n) is 11.9. The minimum absolute atomic E-state index is 0.123. The van der Waals surface area contributed by atoms with Gasteiger partial charge in [0.15, 0.2) is 0 Å². The van der Waals surface area contributed by atoms with Gasteiger partial charge in [0, 0.05) is 33.5 Å². The van der Waals surface area contributed by atoms with Crippen molar-refractivity contribution in [2.24, 2.45) is 0 Å². The molecule has 7 aromatic carbocycles. The van der Waals surface area contributed by atoms with Crippen LogP contribution in [-0.2, 0) is 11.8 Å². The lowest BCUT2D eigenvalue weighted by Gasteiger charge is -2.27. The Morgan fingerprint density at radius 3 is 1.82 bits per heavy atom. The highest BCUT2D eigenvalue weighted by atomic mass is 16.5. The van der Waals surface area contributed by atoms with E-state index in [1.165, 1.54) is 50.1 Å². The summed E-state index contributed by atoms with van der Waals surface area (Å²) >= 11 is 0. The van der Waals surface area contributed by atoms with Crippen LogP contribution in [0.2, 0.25) is 0 Å². The van der Waals surface area contributed by atoms with E-state index in [9.17, 15) is 0 Å². The van der Waals surface area contributed by atoms with E-state index in [1.807, 2.05) is 0 Å². The van der Waals surface area contributed by atoms with Gasteiger partial charge in [-0.15, -0.1) is 0 Å². The number of para-hydroxylation sites is 1. The number of ether oxygens (including phenoxy) is 1. The van der Waals surface area contributed by atoms with Crippen molar-refractivity contribution in [2.45, 2.75) is 38.5 Å². The molecule has 2 aliphatic rings. The minimum atomic E-state index is -0.123. The summed E-state index contributed by atoms with van der Waals surface area (Å²) in [7, 11) is 0. The van der Waals surface area contributed by atoms with Crippen molar-refractivity contribution >= 4 is 17.1 Å². The standard InChI is InChI=1S/C54H44N2O/c1-54(2)47-29-13-12-27-46(47)53-48(54)32-31-43(52(53)45-28-17-30-51-44(45)26-14-15-33-57-51)39-22-16-25-41(34-39)56(40-23-10-5-11-24-40)42-35-49(37-18-6-3-7-19-37)55-50(36-42)38-20-8-4-9-21-38/h3-13,16-25,27-32,34-36H,14-15,26,33H2,1-2H3. The van der Waals surface area contributed by atoms with E-state index in [0.717, 1.165) is 71.2 Å². The van der Waals surface area contributed by atoms with Gasteiger partial charge in [-0.1, -0.05) is 153 Å². The Morgan fingerprint density at radius 2 is 1.09 bits per heavy atom. The highest BCUT2D eigenvalue weighted by molar-refractivity contribution is 6.01. The summed E-state index contributed by atoms with van der Waals surface area (Å²) in [6, 6.07) is 65.6. The largest absolute Gasteiger partial charge is 0.493 e. The van der Waals surface area contributed by atoms with Crippen LogP contribution in [0, 0.1) is 0 Å². The van der Waals surface area contributed by atoms with Gasteiger partial charge in [0.2, 0.25) is 0 Å². The second kappa shape index (κ2) is 14.4. The molecule has 2 heterocycles. The van der Waals surface area contributed by atoms with Crippen molar-refractivity contribution in [1.82, 2.24) is 4.98 Å². The first-order chi connectivity index (χ1) is 28.0. The molecule has 3 nitrogen and oxygen atoms in total. The van der Waals surface area contributed by atoms with Gasteiger partial charge in [-0.05, 0) is 106 Å². The van der Waals surface area contributed by atoms with Crippen LogP contribution in [0.25, 0.3) is 55.9 Å². The molecule has 10 rings (SSSR count). The Kier molecular flexibility index (Phi) is 8.79. The van der Waals surface area contributed by atoms with E-state index in [-0.39, 0.29) is 5.41 Å². The third-order valence-corrected chi connectivity index (χ3v) is 11.9. The van der Waals surface area contributed by atoms with Gasteiger partial charge in [0.05, 0.1) is 23.7 Å². The number of rotatable bonds is 7. The fourth-order valence-corrected chi connectivity index (χ4v) is 9.09. The summed E-state index contributed by atoms with van der Waals surface area (Å²) in [5.41, 5.74) is 18.8. The third kappa shape index (κ3) is 6.20. The minimum Gasteiger partial charge on any atom is -0.493 e. The van der Waals surface area contributed by atoms with Crippen molar-refractivity contribution in [3.8, 4) is 61.6 Å². The maximum atomic E-state index is 6.41. The summed E-state index contributed by atoms with van der Waals surface area (Å²) in [6.07, 6.45) is 3.17. The van der Waals surface area contributed by atoms with Crippen molar-refractivity contribution in [3.05, 3.63) is 199 Å². The fraction of sp³-hybridized carbons (Fsp3) is 0.130. The molecule has 3 heteroatoms. The lowest BCUT2D eigenvalue weighted by atomic mass is 9.80. The smallest absolute Gasteiger partial charge is 0.123 e. The molecule has 0 amide bonds. The van der Waals surface area contributed by atoms with Crippen LogP contribution in [0.1, 0.15) is 43.4 Å². The van der Waals surface area contributed by atoms with Crippen LogP contribution in [0.15, 0.2) is 182 Å². The number of aromatic nitrogens is 1. The van der Waals surface area contributed by atoms with Gasteiger partial charge in [-0.25, -0.2) is 4.98 Å². The molecule has 276 valence electrons. The van der Waals surface area contributed by atoms with Crippen LogP contribution in [0.5, 0.6) is 5.75 Å². The van der Waals surface area contributed by atoms with E-state index in [0.29, 0.717) is 0 Å². The molecule has 0 radical (unpaired) electrons. The zero-order chi connectivity index (χ0) is 38.3. The molecule has 8 aromatic rings. The summed E-state index contributed by atoms with van der Waals surface area (Å²) in [6.45, 7) is 5.50. The summed E-state index contributed by atoms with van der Waals surface area (Å²) in [4.78, 5) is 7.60. The molecule has 0 saturated carbocycles. The number of fused-ring (bicyclic) bond motifs is 4. The molecular formula is C54H44N2O. The summed E-state index contributed by atoms with van der Waals surface area (Å²) in [5.74, 6) is 1.02. The van der Waals surface area contributed by atoms with Crippen molar-refractivity contribution < 1.29 is 4.74 Å². The van der Waals surface area contributed by atoms with E-state index < -0.39 is 0 Å². The second-order valence-electron chi connectivity index (χ2n) is 15.7. The molecule has 1 aromatic heterocycles. The lowest BCUT2D eigenvalue weighted by Crippen LogP contribution is -2.15. The summed E-state index contributed by atoms with van der Waals surface area (Å²) < 4.78 is 6.41. The lowest BCUT2D eigenvalue weighted by molar-refractivity contribution is 0.317. The molecule has 0 spiro atoms.